The Bertz CT molecular complexity index is 858. The Morgan fingerprint density at radius 2 is 1.95 bits per heavy atom. The molecule has 0 aliphatic heterocycles. The van der Waals surface area contributed by atoms with Crippen LogP contribution in [0.4, 0.5) is 4.39 Å². The highest BCUT2D eigenvalue weighted by Gasteiger charge is 2.10. The van der Waals surface area contributed by atoms with E-state index < -0.39 is 0 Å². The maximum absolute atomic E-state index is 13.2. The molecule has 106 valence electrons. The normalized spacial score (nSPS) is 10.8. The van der Waals surface area contributed by atoms with Crippen molar-refractivity contribution < 1.29 is 13.5 Å². The van der Waals surface area contributed by atoms with Gasteiger partial charge in [0, 0.05) is 11.0 Å². The van der Waals surface area contributed by atoms with Crippen LogP contribution < -0.4 is 10.2 Å². The highest BCUT2D eigenvalue weighted by atomic mass is 32.2. The maximum Gasteiger partial charge on any atom is 0.197 e. The first-order valence-electron chi connectivity index (χ1n) is 6.21. The summed E-state index contributed by atoms with van der Waals surface area (Å²) in [5, 5.41) is 0.815. The molecule has 0 aliphatic carbocycles. The van der Waals surface area contributed by atoms with Crippen molar-refractivity contribution in [3.8, 4) is 5.75 Å². The fourth-order valence-electron chi connectivity index (χ4n) is 2.02. The van der Waals surface area contributed by atoms with Gasteiger partial charge in [-0.05, 0) is 30.3 Å². The van der Waals surface area contributed by atoms with Crippen molar-refractivity contribution in [1.82, 2.24) is 0 Å². The summed E-state index contributed by atoms with van der Waals surface area (Å²) in [6.07, 6.45) is 0. The monoisotopic (exact) mass is 302 g/mol. The van der Waals surface area contributed by atoms with E-state index in [0.29, 0.717) is 26.7 Å². The first-order valence-corrected chi connectivity index (χ1v) is 7.03. The smallest absolute Gasteiger partial charge is 0.197 e. The van der Waals surface area contributed by atoms with Gasteiger partial charge in [0.15, 0.2) is 10.5 Å². The van der Waals surface area contributed by atoms with Crippen LogP contribution in [-0.4, -0.2) is 7.11 Å². The van der Waals surface area contributed by atoms with E-state index in [1.54, 1.807) is 30.3 Å². The van der Waals surface area contributed by atoms with Crippen LogP contribution in [0.3, 0.4) is 0 Å². The molecule has 2 aromatic carbocycles. The molecule has 0 bridgehead atoms. The van der Waals surface area contributed by atoms with Crippen LogP contribution in [0.15, 0.2) is 67.7 Å². The molecule has 1 aromatic heterocycles. The summed E-state index contributed by atoms with van der Waals surface area (Å²) in [5.74, 6) is 0.147. The van der Waals surface area contributed by atoms with Crippen molar-refractivity contribution in [2.24, 2.45) is 0 Å². The average molecular weight is 302 g/mol. The molecule has 0 aliphatic rings. The summed E-state index contributed by atoms with van der Waals surface area (Å²) in [7, 11) is 1.50. The van der Waals surface area contributed by atoms with Crippen LogP contribution >= 0.6 is 11.8 Å². The molecule has 21 heavy (non-hydrogen) atoms. The quantitative estimate of drug-likeness (QED) is 0.730. The van der Waals surface area contributed by atoms with Gasteiger partial charge in [-0.2, -0.15) is 0 Å². The summed E-state index contributed by atoms with van der Waals surface area (Å²) in [4.78, 5) is 12.9. The van der Waals surface area contributed by atoms with Crippen molar-refractivity contribution >= 4 is 22.7 Å². The van der Waals surface area contributed by atoms with Gasteiger partial charge in [-0.15, -0.1) is 0 Å². The van der Waals surface area contributed by atoms with Gasteiger partial charge in [0.25, 0.3) is 0 Å². The van der Waals surface area contributed by atoms with Crippen LogP contribution in [0.2, 0.25) is 0 Å². The molecule has 0 radical (unpaired) electrons. The third kappa shape index (κ3) is 2.78. The zero-order valence-corrected chi connectivity index (χ0v) is 11.9. The second-order valence-electron chi connectivity index (χ2n) is 4.32. The van der Waals surface area contributed by atoms with Crippen LogP contribution in [0.1, 0.15) is 0 Å². The lowest BCUT2D eigenvalue weighted by molar-refractivity contribution is 0.417. The predicted molar refractivity (Wildman–Crippen MR) is 79.6 cm³/mol. The van der Waals surface area contributed by atoms with Gasteiger partial charge in [-0.1, -0.05) is 23.9 Å². The Hall–Kier alpha value is -2.27. The third-order valence-electron chi connectivity index (χ3n) is 2.93. The summed E-state index contributed by atoms with van der Waals surface area (Å²) in [5.41, 5.74) is 0.258. The third-order valence-corrected chi connectivity index (χ3v) is 3.82. The molecule has 0 saturated heterocycles. The molecule has 5 heteroatoms. The molecular weight excluding hydrogens is 291 g/mol. The summed E-state index contributed by atoms with van der Waals surface area (Å²) < 4.78 is 24.0. The Kier molecular flexibility index (Phi) is 3.66. The Morgan fingerprint density at radius 3 is 2.71 bits per heavy atom. The fourth-order valence-corrected chi connectivity index (χ4v) is 2.87. The average Bonchev–Trinajstić information content (AvgIpc) is 2.46. The summed E-state index contributed by atoms with van der Waals surface area (Å²) in [6.45, 7) is 0. The maximum atomic E-state index is 13.2. The van der Waals surface area contributed by atoms with Crippen molar-refractivity contribution in [3.05, 3.63) is 64.6 Å². The number of hydrogen-bond donors (Lipinski definition) is 0. The van der Waals surface area contributed by atoms with E-state index >= 15 is 0 Å². The Morgan fingerprint density at radius 1 is 1.14 bits per heavy atom. The molecule has 0 atom stereocenters. The number of methoxy groups -OCH3 is 1. The van der Waals surface area contributed by atoms with Gasteiger partial charge < -0.3 is 9.15 Å². The van der Waals surface area contributed by atoms with Gasteiger partial charge in [-0.25, -0.2) is 4.39 Å². The van der Waals surface area contributed by atoms with Crippen LogP contribution in [0, 0.1) is 5.82 Å². The van der Waals surface area contributed by atoms with Gasteiger partial charge in [0.1, 0.15) is 22.5 Å². The van der Waals surface area contributed by atoms with Gasteiger partial charge in [0.05, 0.1) is 7.11 Å². The van der Waals surface area contributed by atoms with E-state index in [9.17, 15) is 9.18 Å². The lowest BCUT2D eigenvalue weighted by Gasteiger charge is -2.06. The number of rotatable bonds is 3. The minimum absolute atomic E-state index is 0.187. The van der Waals surface area contributed by atoms with Crippen LogP contribution in [-0.2, 0) is 0 Å². The SMILES string of the molecule is COc1cccc2oc(Sc3cccc(F)c3)cc(=O)c12. The van der Waals surface area contributed by atoms with Crippen molar-refractivity contribution in [2.75, 3.05) is 7.11 Å². The standard InChI is InChI=1S/C16H11FO3S/c1-19-13-6-3-7-14-16(13)12(18)9-15(20-14)21-11-5-2-4-10(17)8-11/h2-9H,1H3. The fraction of sp³-hybridized carbons (Fsp3) is 0.0625. The molecule has 3 aromatic rings. The van der Waals surface area contributed by atoms with Gasteiger partial charge in [0.2, 0.25) is 0 Å². The molecular formula is C16H11FO3S. The van der Waals surface area contributed by atoms with E-state index in [1.807, 2.05) is 0 Å². The van der Waals surface area contributed by atoms with Crippen molar-refractivity contribution in [3.63, 3.8) is 0 Å². The van der Waals surface area contributed by atoms with Gasteiger partial charge >= 0.3 is 0 Å². The molecule has 0 N–H and O–H groups in total. The summed E-state index contributed by atoms with van der Waals surface area (Å²) >= 11 is 1.20. The van der Waals surface area contributed by atoms with E-state index in [4.69, 9.17) is 9.15 Å². The van der Waals surface area contributed by atoms with Crippen LogP contribution in [0.5, 0.6) is 5.75 Å². The van der Waals surface area contributed by atoms with Crippen molar-refractivity contribution in [2.45, 2.75) is 9.99 Å². The lowest BCUT2D eigenvalue weighted by atomic mass is 10.2. The van der Waals surface area contributed by atoms with E-state index in [1.165, 1.54) is 37.1 Å². The second kappa shape index (κ2) is 5.61. The Balaban J connectivity index is 2.07. The molecule has 1 heterocycles. The number of halogens is 1. The van der Waals surface area contributed by atoms with Crippen molar-refractivity contribution in [1.29, 1.82) is 0 Å². The van der Waals surface area contributed by atoms with E-state index in [2.05, 4.69) is 0 Å². The molecule has 0 unspecified atom stereocenters. The molecule has 0 amide bonds. The highest BCUT2D eigenvalue weighted by molar-refractivity contribution is 7.99. The zero-order valence-electron chi connectivity index (χ0n) is 11.1. The second-order valence-corrected chi connectivity index (χ2v) is 5.40. The zero-order chi connectivity index (χ0) is 14.8. The number of hydrogen-bond acceptors (Lipinski definition) is 4. The molecule has 3 nitrogen and oxygen atoms in total. The molecule has 0 fully saturated rings. The number of benzene rings is 2. The van der Waals surface area contributed by atoms with E-state index in [0.717, 1.165) is 0 Å². The molecule has 0 spiro atoms. The largest absolute Gasteiger partial charge is 0.496 e. The lowest BCUT2D eigenvalue weighted by Crippen LogP contribution is -2.02. The minimum atomic E-state index is -0.329. The first kappa shape index (κ1) is 13.7. The number of fused-ring (bicyclic) bond motifs is 1. The Labute approximate surface area is 124 Å². The minimum Gasteiger partial charge on any atom is -0.496 e. The van der Waals surface area contributed by atoms with E-state index in [-0.39, 0.29) is 11.2 Å². The van der Waals surface area contributed by atoms with Gasteiger partial charge in [-0.3, -0.25) is 4.79 Å². The summed E-state index contributed by atoms with van der Waals surface area (Å²) in [6, 6.07) is 12.7. The number of ether oxygens (including phenoxy) is 1. The molecule has 0 saturated carbocycles. The topological polar surface area (TPSA) is 39.4 Å². The predicted octanol–water partition coefficient (Wildman–Crippen LogP) is 4.09. The molecule has 3 rings (SSSR count). The first-order chi connectivity index (χ1) is 10.2. The highest BCUT2D eigenvalue weighted by Crippen LogP contribution is 2.31. The van der Waals surface area contributed by atoms with Crippen LogP contribution in [0.25, 0.3) is 11.0 Å².